The summed E-state index contributed by atoms with van der Waals surface area (Å²) in [6.45, 7) is 7.95. The topological polar surface area (TPSA) is 53.6 Å². The summed E-state index contributed by atoms with van der Waals surface area (Å²) in [7, 11) is 2.22. The van der Waals surface area contributed by atoms with E-state index in [1.165, 1.54) is 25.8 Å². The largest absolute Gasteiger partial charge is 0.444 e. The lowest BCUT2D eigenvalue weighted by Gasteiger charge is -2.39. The second-order valence-electron chi connectivity index (χ2n) is 7.55. The zero-order chi connectivity index (χ0) is 15.5. The maximum absolute atomic E-state index is 11.7. The number of carbonyl (C=O) groups is 1. The summed E-state index contributed by atoms with van der Waals surface area (Å²) in [6, 6.07) is 1.48. The molecule has 1 aliphatic heterocycles. The Morgan fingerprint density at radius 2 is 1.95 bits per heavy atom. The van der Waals surface area contributed by atoms with Gasteiger partial charge in [-0.15, -0.1) is 0 Å². The Hall–Kier alpha value is -0.810. The molecule has 5 heteroatoms. The fraction of sp³-hybridized carbons (Fsp3) is 0.938. The summed E-state index contributed by atoms with van der Waals surface area (Å²) in [5.74, 6) is 0. The van der Waals surface area contributed by atoms with Crippen molar-refractivity contribution < 1.29 is 9.53 Å². The molecule has 0 aromatic heterocycles. The molecular weight excluding hydrogens is 266 g/mol. The Kier molecular flexibility index (Phi) is 5.49. The third kappa shape index (κ3) is 5.47. The van der Waals surface area contributed by atoms with Crippen molar-refractivity contribution in [3.63, 3.8) is 0 Å². The number of likely N-dealkylation sites (tertiary alicyclic amines) is 1. The summed E-state index contributed by atoms with van der Waals surface area (Å²) < 4.78 is 5.27. The zero-order valence-corrected chi connectivity index (χ0v) is 13.9. The highest BCUT2D eigenvalue weighted by Crippen LogP contribution is 2.22. The van der Waals surface area contributed by atoms with E-state index in [0.717, 1.165) is 19.4 Å². The van der Waals surface area contributed by atoms with Gasteiger partial charge in [0.2, 0.25) is 0 Å². The molecule has 0 aromatic rings. The number of carbonyl (C=O) groups excluding carboxylic acids is 1. The van der Waals surface area contributed by atoms with Crippen molar-refractivity contribution in [2.45, 2.75) is 76.6 Å². The highest BCUT2D eigenvalue weighted by Gasteiger charge is 2.32. The van der Waals surface area contributed by atoms with Crippen LogP contribution in [0.4, 0.5) is 4.79 Å². The summed E-state index contributed by atoms with van der Waals surface area (Å²) >= 11 is 0. The van der Waals surface area contributed by atoms with Crippen LogP contribution in [0.2, 0.25) is 0 Å². The van der Waals surface area contributed by atoms with Gasteiger partial charge in [0, 0.05) is 24.7 Å². The van der Waals surface area contributed by atoms with Gasteiger partial charge < -0.3 is 20.3 Å². The summed E-state index contributed by atoms with van der Waals surface area (Å²) in [6.07, 6.45) is 5.71. The number of alkyl carbamates (subject to hydrolysis) is 1. The highest BCUT2D eigenvalue weighted by atomic mass is 16.6. The molecule has 0 radical (unpaired) electrons. The summed E-state index contributed by atoms with van der Waals surface area (Å²) in [5.41, 5.74) is -0.420. The molecule has 2 fully saturated rings. The lowest BCUT2D eigenvalue weighted by Crippen LogP contribution is -2.55. The van der Waals surface area contributed by atoms with Gasteiger partial charge in [0.25, 0.3) is 0 Å². The average molecular weight is 297 g/mol. The SMILES string of the molecule is CN1CCCCC1CNC1CC(NC(=O)OC(C)(C)C)C1. The van der Waals surface area contributed by atoms with Gasteiger partial charge in [-0.05, 0) is 60.0 Å². The standard InChI is InChI=1S/C16H31N3O2/c1-16(2,3)21-15(20)18-13-9-12(10-13)17-11-14-7-5-6-8-19(14)4/h12-14,17H,5-11H2,1-4H3,(H,18,20). The van der Waals surface area contributed by atoms with Crippen molar-refractivity contribution in [3.8, 4) is 0 Å². The van der Waals surface area contributed by atoms with E-state index >= 15 is 0 Å². The van der Waals surface area contributed by atoms with E-state index in [1.54, 1.807) is 0 Å². The van der Waals surface area contributed by atoms with Gasteiger partial charge in [-0.25, -0.2) is 4.79 Å². The molecular formula is C16H31N3O2. The first kappa shape index (κ1) is 16.6. The minimum Gasteiger partial charge on any atom is -0.444 e. The smallest absolute Gasteiger partial charge is 0.407 e. The molecule has 1 saturated heterocycles. The maximum Gasteiger partial charge on any atom is 0.407 e. The van der Waals surface area contributed by atoms with E-state index < -0.39 is 5.60 Å². The molecule has 1 heterocycles. The van der Waals surface area contributed by atoms with Gasteiger partial charge in [0.05, 0.1) is 0 Å². The van der Waals surface area contributed by atoms with Gasteiger partial charge >= 0.3 is 6.09 Å². The minimum atomic E-state index is -0.420. The molecule has 1 unspecified atom stereocenters. The fourth-order valence-electron chi connectivity index (χ4n) is 3.08. The Bertz CT molecular complexity index is 348. The number of hydrogen-bond donors (Lipinski definition) is 2. The Balaban J connectivity index is 1.58. The Morgan fingerprint density at radius 1 is 1.24 bits per heavy atom. The van der Waals surface area contributed by atoms with E-state index in [0.29, 0.717) is 12.1 Å². The third-order valence-corrected chi connectivity index (χ3v) is 4.42. The lowest BCUT2D eigenvalue weighted by molar-refractivity contribution is 0.0463. The van der Waals surface area contributed by atoms with Crippen LogP contribution in [0.5, 0.6) is 0 Å². The number of amides is 1. The van der Waals surface area contributed by atoms with Crippen molar-refractivity contribution in [2.75, 3.05) is 20.1 Å². The van der Waals surface area contributed by atoms with Crippen LogP contribution in [0.25, 0.3) is 0 Å². The van der Waals surface area contributed by atoms with E-state index in [-0.39, 0.29) is 12.1 Å². The second-order valence-corrected chi connectivity index (χ2v) is 7.55. The molecule has 1 amide bonds. The molecule has 1 aliphatic carbocycles. The second kappa shape index (κ2) is 6.97. The number of nitrogens with zero attached hydrogens (tertiary/aromatic N) is 1. The molecule has 122 valence electrons. The zero-order valence-electron chi connectivity index (χ0n) is 13.9. The van der Waals surface area contributed by atoms with Gasteiger partial charge in [0.1, 0.15) is 5.60 Å². The number of hydrogen-bond acceptors (Lipinski definition) is 4. The van der Waals surface area contributed by atoms with E-state index in [2.05, 4.69) is 22.6 Å². The molecule has 0 bridgehead atoms. The van der Waals surface area contributed by atoms with E-state index in [4.69, 9.17) is 4.74 Å². The molecule has 0 aromatic carbocycles. The molecule has 2 rings (SSSR count). The van der Waals surface area contributed by atoms with Crippen LogP contribution < -0.4 is 10.6 Å². The van der Waals surface area contributed by atoms with Crippen molar-refractivity contribution in [1.29, 1.82) is 0 Å². The van der Waals surface area contributed by atoms with Crippen LogP contribution in [0, 0.1) is 0 Å². The molecule has 1 atom stereocenters. The van der Waals surface area contributed by atoms with Crippen LogP contribution in [0.1, 0.15) is 52.9 Å². The number of nitrogens with one attached hydrogen (secondary N) is 2. The first-order valence-corrected chi connectivity index (χ1v) is 8.26. The van der Waals surface area contributed by atoms with Crippen LogP contribution in [0.15, 0.2) is 0 Å². The normalized spacial score (nSPS) is 30.6. The van der Waals surface area contributed by atoms with Gasteiger partial charge in [0.15, 0.2) is 0 Å². The van der Waals surface area contributed by atoms with Crippen molar-refractivity contribution in [3.05, 3.63) is 0 Å². The summed E-state index contributed by atoms with van der Waals surface area (Å²) in [5, 5.41) is 6.57. The van der Waals surface area contributed by atoms with Gasteiger partial charge in [-0.1, -0.05) is 6.42 Å². The Morgan fingerprint density at radius 3 is 2.57 bits per heavy atom. The third-order valence-electron chi connectivity index (χ3n) is 4.42. The highest BCUT2D eigenvalue weighted by molar-refractivity contribution is 5.68. The number of likely N-dealkylation sites (N-methyl/N-ethyl adjacent to an activating group) is 1. The average Bonchev–Trinajstić information content (AvgIpc) is 2.31. The summed E-state index contributed by atoms with van der Waals surface area (Å²) in [4.78, 5) is 14.1. The monoisotopic (exact) mass is 297 g/mol. The first-order valence-electron chi connectivity index (χ1n) is 8.26. The predicted octanol–water partition coefficient (Wildman–Crippen LogP) is 2.12. The van der Waals surface area contributed by atoms with Crippen LogP contribution in [0.3, 0.4) is 0 Å². The van der Waals surface area contributed by atoms with Crippen molar-refractivity contribution in [2.24, 2.45) is 0 Å². The maximum atomic E-state index is 11.7. The molecule has 1 saturated carbocycles. The van der Waals surface area contributed by atoms with Crippen LogP contribution >= 0.6 is 0 Å². The molecule has 0 spiro atoms. The number of ether oxygens (including phenoxy) is 1. The van der Waals surface area contributed by atoms with E-state index in [1.807, 2.05) is 20.8 Å². The fourth-order valence-corrected chi connectivity index (χ4v) is 3.08. The van der Waals surface area contributed by atoms with Crippen LogP contribution in [-0.2, 0) is 4.74 Å². The number of rotatable bonds is 4. The molecule has 21 heavy (non-hydrogen) atoms. The van der Waals surface area contributed by atoms with E-state index in [9.17, 15) is 4.79 Å². The lowest BCUT2D eigenvalue weighted by atomic mass is 9.86. The van der Waals surface area contributed by atoms with Gasteiger partial charge in [-0.2, -0.15) is 0 Å². The number of piperidine rings is 1. The predicted molar refractivity (Wildman–Crippen MR) is 84.5 cm³/mol. The first-order chi connectivity index (χ1) is 9.83. The van der Waals surface area contributed by atoms with Crippen molar-refractivity contribution >= 4 is 6.09 Å². The quantitative estimate of drug-likeness (QED) is 0.834. The molecule has 5 nitrogen and oxygen atoms in total. The Labute approximate surface area is 128 Å². The van der Waals surface area contributed by atoms with Crippen LogP contribution in [-0.4, -0.2) is 54.9 Å². The molecule has 2 aliphatic rings. The molecule has 2 N–H and O–H groups in total. The van der Waals surface area contributed by atoms with Gasteiger partial charge in [-0.3, -0.25) is 0 Å². The minimum absolute atomic E-state index is 0.265. The van der Waals surface area contributed by atoms with Crippen molar-refractivity contribution in [1.82, 2.24) is 15.5 Å².